The molecule has 27 heavy (non-hydrogen) atoms. The zero-order valence-corrected chi connectivity index (χ0v) is 18.0. The Morgan fingerprint density at radius 1 is 1.07 bits per heavy atom. The topological polar surface area (TPSA) is 80.9 Å². The summed E-state index contributed by atoms with van der Waals surface area (Å²) in [6.07, 6.45) is 6.90. The molecule has 1 rings (SSSR count). The van der Waals surface area contributed by atoms with E-state index >= 15 is 0 Å². The number of phenolic OH excluding ortho intramolecular Hbond substituents is 2. The van der Waals surface area contributed by atoms with Crippen LogP contribution in [0.1, 0.15) is 77.3 Å². The maximum atomic E-state index is 10.5. The molecule has 5 heteroatoms. The molecule has 0 saturated carbocycles. The Hall–Kier alpha value is -1.23. The van der Waals surface area contributed by atoms with Crippen molar-refractivity contribution >= 4 is 11.6 Å². The number of hydrogen-bond acceptors (Lipinski definition) is 4. The number of aromatic hydroxyl groups is 2. The Labute approximate surface area is 168 Å². The first-order valence-corrected chi connectivity index (χ1v) is 10.0. The predicted molar refractivity (Wildman–Crippen MR) is 112 cm³/mol. The van der Waals surface area contributed by atoms with Gasteiger partial charge in [0, 0.05) is 5.56 Å². The molecule has 4 N–H and O–H groups in total. The smallest absolute Gasteiger partial charge is 0.141 e. The zero-order valence-electron chi connectivity index (χ0n) is 17.3. The molecule has 0 bridgehead atoms. The van der Waals surface area contributed by atoms with Crippen molar-refractivity contribution in [2.75, 3.05) is 0 Å². The third-order valence-corrected chi connectivity index (χ3v) is 5.42. The monoisotopic (exact) mass is 398 g/mol. The van der Waals surface area contributed by atoms with Crippen LogP contribution >= 0.6 is 11.6 Å². The molecule has 0 spiro atoms. The number of phenols is 2. The summed E-state index contributed by atoms with van der Waals surface area (Å²) >= 11 is 6.05. The summed E-state index contributed by atoms with van der Waals surface area (Å²) in [5.74, 6) is -0.0128. The van der Waals surface area contributed by atoms with Gasteiger partial charge in [-0.1, -0.05) is 23.3 Å². The molecule has 1 aromatic carbocycles. The van der Waals surface area contributed by atoms with E-state index in [1.165, 1.54) is 0 Å². The van der Waals surface area contributed by atoms with Crippen LogP contribution in [0, 0.1) is 6.92 Å². The fourth-order valence-corrected chi connectivity index (χ4v) is 3.32. The van der Waals surface area contributed by atoms with Crippen molar-refractivity contribution in [3.05, 3.63) is 33.9 Å². The molecule has 0 aromatic heterocycles. The van der Waals surface area contributed by atoms with Crippen LogP contribution in [0.15, 0.2) is 17.7 Å². The van der Waals surface area contributed by atoms with Crippen molar-refractivity contribution in [1.82, 2.24) is 0 Å². The number of aliphatic hydroxyl groups is 2. The highest BCUT2D eigenvalue weighted by Gasteiger charge is 2.21. The largest absolute Gasteiger partial charge is 0.508 e. The highest BCUT2D eigenvalue weighted by molar-refractivity contribution is 6.33. The summed E-state index contributed by atoms with van der Waals surface area (Å²) in [7, 11) is 0. The van der Waals surface area contributed by atoms with Crippen molar-refractivity contribution in [3.8, 4) is 11.5 Å². The molecule has 0 aliphatic carbocycles. The molecular formula is C22H35ClO4. The molecule has 154 valence electrons. The van der Waals surface area contributed by atoms with Gasteiger partial charge in [-0.15, -0.1) is 0 Å². The second-order valence-corrected chi connectivity index (χ2v) is 9.00. The normalized spacial score (nSPS) is 15.0. The summed E-state index contributed by atoms with van der Waals surface area (Å²) in [6, 6.07) is 1.56. The third-order valence-electron chi connectivity index (χ3n) is 4.95. The van der Waals surface area contributed by atoms with Gasteiger partial charge in [-0.05, 0) is 91.2 Å². The van der Waals surface area contributed by atoms with Crippen LogP contribution in [-0.4, -0.2) is 31.6 Å². The molecule has 0 radical (unpaired) electrons. The van der Waals surface area contributed by atoms with Crippen LogP contribution in [0.4, 0.5) is 0 Å². The Bertz CT molecular complexity index is 657. The molecule has 0 heterocycles. The quantitative estimate of drug-likeness (QED) is 0.397. The van der Waals surface area contributed by atoms with Crippen LogP contribution in [-0.2, 0) is 6.42 Å². The number of allylic oxidation sites excluding steroid dienone is 2. The second kappa shape index (κ2) is 9.81. The van der Waals surface area contributed by atoms with Gasteiger partial charge >= 0.3 is 0 Å². The fraction of sp³-hybridized carbons (Fsp3) is 0.636. The predicted octanol–water partition coefficient (Wildman–Crippen LogP) is 5.41. The highest BCUT2D eigenvalue weighted by Crippen LogP contribution is 2.37. The molecule has 0 aliphatic heterocycles. The first-order valence-electron chi connectivity index (χ1n) is 9.63. The molecule has 0 amide bonds. The van der Waals surface area contributed by atoms with Crippen molar-refractivity contribution in [2.45, 2.75) is 90.8 Å². The zero-order chi connectivity index (χ0) is 20.8. The maximum absolute atomic E-state index is 10.5. The summed E-state index contributed by atoms with van der Waals surface area (Å²) in [4.78, 5) is 0. The van der Waals surface area contributed by atoms with E-state index in [0.717, 1.165) is 24.8 Å². The first-order chi connectivity index (χ1) is 12.3. The molecule has 4 nitrogen and oxygen atoms in total. The van der Waals surface area contributed by atoms with E-state index in [1.807, 2.05) is 19.9 Å². The SMILES string of the molecule is C/C(=C\Cc1c(O)cc(C)c(Cl)c1O)CCC[C@@](C)(O)CCCC(C)(C)O. The second-order valence-electron chi connectivity index (χ2n) is 8.62. The Balaban J connectivity index is 2.51. The summed E-state index contributed by atoms with van der Waals surface area (Å²) in [5.41, 5.74) is 0.794. The molecule has 1 aromatic rings. The summed E-state index contributed by atoms with van der Waals surface area (Å²) in [5, 5.41) is 40.7. The van der Waals surface area contributed by atoms with Gasteiger partial charge in [-0.25, -0.2) is 0 Å². The van der Waals surface area contributed by atoms with Gasteiger partial charge in [-0.2, -0.15) is 0 Å². The third kappa shape index (κ3) is 8.54. The molecule has 1 atom stereocenters. The molecule has 0 fully saturated rings. The Morgan fingerprint density at radius 2 is 1.67 bits per heavy atom. The van der Waals surface area contributed by atoms with E-state index in [2.05, 4.69) is 0 Å². The van der Waals surface area contributed by atoms with Crippen LogP contribution in [0.5, 0.6) is 11.5 Å². The average molecular weight is 399 g/mol. The van der Waals surface area contributed by atoms with E-state index in [4.69, 9.17) is 11.6 Å². The van der Waals surface area contributed by atoms with Gasteiger partial charge < -0.3 is 20.4 Å². The maximum Gasteiger partial charge on any atom is 0.141 e. The van der Waals surface area contributed by atoms with Crippen LogP contribution in [0.25, 0.3) is 0 Å². The minimum Gasteiger partial charge on any atom is -0.508 e. The van der Waals surface area contributed by atoms with Gasteiger partial charge in [0.25, 0.3) is 0 Å². The molecule has 0 unspecified atom stereocenters. The van der Waals surface area contributed by atoms with Crippen LogP contribution in [0.3, 0.4) is 0 Å². The summed E-state index contributed by atoms with van der Waals surface area (Å²) in [6.45, 7) is 9.16. The van der Waals surface area contributed by atoms with E-state index < -0.39 is 11.2 Å². The van der Waals surface area contributed by atoms with Crippen LogP contribution in [0.2, 0.25) is 5.02 Å². The number of benzene rings is 1. The van der Waals surface area contributed by atoms with E-state index in [9.17, 15) is 20.4 Å². The standard InChI is InChI=1S/C22H35ClO4/c1-15(8-6-12-22(5,27)13-7-11-21(3,4)26)9-10-17-18(24)14-16(2)19(23)20(17)25/h9,14,24-27H,6-8,10-13H2,1-5H3/b15-9+/t22-/m1/s1. The minimum absolute atomic E-state index is 0.0493. The van der Waals surface area contributed by atoms with E-state index in [0.29, 0.717) is 36.8 Å². The number of halogens is 1. The van der Waals surface area contributed by atoms with Crippen molar-refractivity contribution in [3.63, 3.8) is 0 Å². The lowest BCUT2D eigenvalue weighted by Crippen LogP contribution is -2.26. The lowest BCUT2D eigenvalue weighted by atomic mass is 9.89. The van der Waals surface area contributed by atoms with Gasteiger partial charge in [-0.3, -0.25) is 0 Å². The minimum atomic E-state index is -0.730. The number of rotatable bonds is 10. The number of aryl methyl sites for hydroxylation is 1. The lowest BCUT2D eigenvalue weighted by Gasteiger charge is -2.25. The van der Waals surface area contributed by atoms with E-state index in [-0.39, 0.29) is 16.5 Å². The van der Waals surface area contributed by atoms with Crippen molar-refractivity contribution in [1.29, 1.82) is 0 Å². The highest BCUT2D eigenvalue weighted by atomic mass is 35.5. The fourth-order valence-electron chi connectivity index (χ4n) is 3.15. The molecular weight excluding hydrogens is 364 g/mol. The van der Waals surface area contributed by atoms with Crippen molar-refractivity contribution in [2.24, 2.45) is 0 Å². The van der Waals surface area contributed by atoms with Gasteiger partial charge in [0.1, 0.15) is 11.5 Å². The summed E-state index contributed by atoms with van der Waals surface area (Å²) < 4.78 is 0. The molecule has 0 aliphatic rings. The van der Waals surface area contributed by atoms with Gasteiger partial charge in [0.15, 0.2) is 0 Å². The molecule has 0 saturated heterocycles. The average Bonchev–Trinajstić information content (AvgIpc) is 2.51. The van der Waals surface area contributed by atoms with Crippen LogP contribution < -0.4 is 0 Å². The first kappa shape index (κ1) is 23.8. The Kier molecular flexibility index (Phi) is 8.65. The lowest BCUT2D eigenvalue weighted by molar-refractivity contribution is 0.0226. The van der Waals surface area contributed by atoms with E-state index in [1.54, 1.807) is 26.8 Å². The van der Waals surface area contributed by atoms with Gasteiger partial charge in [0.05, 0.1) is 16.2 Å². The van der Waals surface area contributed by atoms with Crippen molar-refractivity contribution < 1.29 is 20.4 Å². The Morgan fingerprint density at radius 3 is 2.26 bits per heavy atom. The number of hydrogen-bond donors (Lipinski definition) is 4. The van der Waals surface area contributed by atoms with Gasteiger partial charge in [0.2, 0.25) is 0 Å².